The molecule has 5 radical (unpaired) electrons. The van der Waals surface area contributed by atoms with Crippen molar-refractivity contribution in [2.24, 2.45) is 0 Å². The Labute approximate surface area is 156 Å². The van der Waals surface area contributed by atoms with Crippen molar-refractivity contribution in [3.8, 4) is 0 Å². The second-order valence-electron chi connectivity index (χ2n) is 6.44. The first kappa shape index (κ1) is 18.4. The number of nitrogens with zero attached hydrogens (tertiary/aromatic N) is 2. The Morgan fingerprint density at radius 2 is 1.92 bits per heavy atom. The van der Waals surface area contributed by atoms with Crippen LogP contribution in [0.1, 0.15) is 0 Å². The molecule has 1 saturated carbocycles. The zero-order chi connectivity index (χ0) is 17.6. The molecule has 0 unspecified atom stereocenters. The van der Waals surface area contributed by atoms with Crippen LogP contribution in [0.25, 0.3) is 10.9 Å². The number of rotatable bonds is 8. The van der Waals surface area contributed by atoms with Gasteiger partial charge in [0.2, 0.25) is 0 Å². The van der Waals surface area contributed by atoms with Crippen LogP contribution in [0.15, 0.2) is 30.5 Å². The monoisotopic (exact) mass is 355 g/mol. The van der Waals surface area contributed by atoms with Gasteiger partial charge in [0.25, 0.3) is 0 Å². The summed E-state index contributed by atoms with van der Waals surface area (Å²) in [5.74, 6) is 2.76. The molecule has 1 aromatic carbocycles. The van der Waals surface area contributed by atoms with Gasteiger partial charge in [0.1, 0.15) is 0 Å². The van der Waals surface area contributed by atoms with E-state index in [1.807, 2.05) is 30.5 Å². The average Bonchev–Trinajstić information content (AvgIpc) is 3.00. The molecule has 2 aromatic rings. The van der Waals surface area contributed by atoms with Gasteiger partial charge in [-0.25, -0.2) is 0 Å². The summed E-state index contributed by atoms with van der Waals surface area (Å²) in [6.07, 6.45) is 8.33. The van der Waals surface area contributed by atoms with Gasteiger partial charge < -0.3 is 15.5 Å². The van der Waals surface area contributed by atoms with Gasteiger partial charge in [-0.3, -0.25) is 4.98 Å². The lowest BCUT2D eigenvalue weighted by Crippen LogP contribution is -2.31. The SMILES string of the molecule is CN(C)C[C]1[CH][CH][CH][C]1CNCCNc1ccnc2cc(Cl)ccc12. The highest BCUT2D eigenvalue weighted by Crippen LogP contribution is 2.32. The largest absolute Gasteiger partial charge is 0.383 e. The maximum atomic E-state index is 6.04. The van der Waals surface area contributed by atoms with Gasteiger partial charge >= 0.3 is 0 Å². The Morgan fingerprint density at radius 1 is 1.08 bits per heavy atom. The van der Waals surface area contributed by atoms with Crippen molar-refractivity contribution in [1.29, 1.82) is 0 Å². The molecule has 1 aliphatic rings. The van der Waals surface area contributed by atoms with Crippen molar-refractivity contribution in [3.05, 3.63) is 66.6 Å². The summed E-state index contributed by atoms with van der Waals surface area (Å²) in [4.78, 5) is 6.57. The molecule has 1 aromatic heterocycles. The lowest BCUT2D eigenvalue weighted by Gasteiger charge is -2.22. The standard InChI is InChI=1S/C20H24ClN4/c1-25(2)14-16-5-3-4-15(16)13-22-10-11-24-19-8-9-23-20-12-17(21)6-7-18(19)20/h3-9,12,22H,10-11,13-14H2,1-2H3,(H,23,24). The van der Waals surface area contributed by atoms with E-state index in [1.54, 1.807) is 0 Å². The van der Waals surface area contributed by atoms with Crippen LogP contribution in [0, 0.1) is 31.1 Å². The molecular formula is C20H24ClN4. The van der Waals surface area contributed by atoms with Gasteiger partial charge in [-0.1, -0.05) is 11.6 Å². The molecule has 131 valence electrons. The second-order valence-corrected chi connectivity index (χ2v) is 6.87. The van der Waals surface area contributed by atoms with E-state index < -0.39 is 0 Å². The number of nitrogens with one attached hydrogen (secondary N) is 2. The third-order valence-corrected chi connectivity index (χ3v) is 4.37. The Morgan fingerprint density at radius 3 is 2.76 bits per heavy atom. The van der Waals surface area contributed by atoms with E-state index in [0.29, 0.717) is 5.02 Å². The van der Waals surface area contributed by atoms with Crippen molar-refractivity contribution in [2.45, 2.75) is 0 Å². The summed E-state index contributed by atoms with van der Waals surface area (Å²) in [5, 5.41) is 8.80. The van der Waals surface area contributed by atoms with E-state index in [4.69, 9.17) is 11.6 Å². The highest BCUT2D eigenvalue weighted by molar-refractivity contribution is 6.31. The average molecular weight is 356 g/mol. The quantitative estimate of drug-likeness (QED) is 0.713. The fraction of sp³-hybridized carbons (Fsp3) is 0.300. The Hall–Kier alpha value is -1.36. The number of pyridine rings is 1. The topological polar surface area (TPSA) is 40.2 Å². The number of benzene rings is 1. The predicted octanol–water partition coefficient (Wildman–Crippen LogP) is 3.23. The fourth-order valence-corrected chi connectivity index (χ4v) is 3.11. The van der Waals surface area contributed by atoms with Crippen LogP contribution in [-0.2, 0) is 0 Å². The maximum absolute atomic E-state index is 6.04. The predicted molar refractivity (Wildman–Crippen MR) is 106 cm³/mol. The Balaban J connectivity index is 1.45. The lowest BCUT2D eigenvalue weighted by molar-refractivity contribution is 0.425. The van der Waals surface area contributed by atoms with Crippen LogP contribution in [-0.4, -0.2) is 50.2 Å². The first-order valence-electron chi connectivity index (χ1n) is 8.50. The van der Waals surface area contributed by atoms with Crippen LogP contribution >= 0.6 is 11.6 Å². The molecule has 25 heavy (non-hydrogen) atoms. The molecule has 0 atom stereocenters. The summed E-state index contributed by atoms with van der Waals surface area (Å²) in [6, 6.07) is 7.80. The lowest BCUT2D eigenvalue weighted by atomic mass is 9.95. The molecular weight excluding hydrogens is 332 g/mol. The smallest absolute Gasteiger partial charge is 0.0737 e. The van der Waals surface area contributed by atoms with Crippen molar-refractivity contribution >= 4 is 28.2 Å². The summed E-state index contributed by atoms with van der Waals surface area (Å²) >= 11 is 6.04. The molecule has 1 aliphatic carbocycles. The minimum atomic E-state index is 0.710. The molecule has 5 heteroatoms. The summed E-state index contributed by atoms with van der Waals surface area (Å²) < 4.78 is 0. The van der Waals surface area contributed by atoms with Gasteiger partial charge in [0.05, 0.1) is 5.52 Å². The van der Waals surface area contributed by atoms with E-state index in [9.17, 15) is 0 Å². The second kappa shape index (κ2) is 8.84. The zero-order valence-corrected chi connectivity index (χ0v) is 15.5. The van der Waals surface area contributed by atoms with E-state index >= 15 is 0 Å². The highest BCUT2D eigenvalue weighted by atomic mass is 35.5. The van der Waals surface area contributed by atoms with Crippen molar-refractivity contribution < 1.29 is 0 Å². The zero-order valence-electron chi connectivity index (χ0n) is 14.7. The van der Waals surface area contributed by atoms with Crippen LogP contribution in [0.3, 0.4) is 0 Å². The molecule has 0 saturated heterocycles. The summed E-state index contributed by atoms with van der Waals surface area (Å²) in [5.41, 5.74) is 2.00. The molecule has 0 spiro atoms. The number of aromatic nitrogens is 1. The van der Waals surface area contributed by atoms with E-state index in [1.165, 1.54) is 11.8 Å². The first-order valence-corrected chi connectivity index (χ1v) is 8.88. The minimum absolute atomic E-state index is 0.710. The van der Waals surface area contributed by atoms with Gasteiger partial charge in [-0.15, -0.1) is 0 Å². The third-order valence-electron chi connectivity index (χ3n) is 4.13. The fourth-order valence-electron chi connectivity index (χ4n) is 2.95. The first-order chi connectivity index (χ1) is 12.1. The van der Waals surface area contributed by atoms with Crippen LogP contribution in [0.4, 0.5) is 5.69 Å². The highest BCUT2D eigenvalue weighted by Gasteiger charge is 2.28. The third kappa shape index (κ3) is 5.06. The Bertz CT molecular complexity index is 688. The summed E-state index contributed by atoms with van der Waals surface area (Å²) in [6.45, 7) is 3.62. The normalized spacial score (nSPS) is 16.2. The number of fused-ring (bicyclic) bond motifs is 1. The molecule has 2 N–H and O–H groups in total. The molecule has 1 heterocycles. The molecule has 3 rings (SSSR count). The summed E-state index contributed by atoms with van der Waals surface area (Å²) in [7, 11) is 4.20. The van der Waals surface area contributed by atoms with Crippen LogP contribution in [0.5, 0.6) is 0 Å². The molecule has 0 aliphatic heterocycles. The number of anilines is 1. The molecule has 4 nitrogen and oxygen atoms in total. The van der Waals surface area contributed by atoms with E-state index in [-0.39, 0.29) is 0 Å². The van der Waals surface area contributed by atoms with Gasteiger partial charge in [0, 0.05) is 60.3 Å². The van der Waals surface area contributed by atoms with E-state index in [0.717, 1.165) is 42.8 Å². The van der Waals surface area contributed by atoms with Gasteiger partial charge in [-0.2, -0.15) is 0 Å². The number of halogens is 1. The van der Waals surface area contributed by atoms with E-state index in [2.05, 4.69) is 53.9 Å². The molecule has 1 fully saturated rings. The Kier molecular flexibility index (Phi) is 6.51. The number of hydrogen-bond donors (Lipinski definition) is 2. The van der Waals surface area contributed by atoms with Crippen molar-refractivity contribution in [3.63, 3.8) is 0 Å². The minimum Gasteiger partial charge on any atom is -0.383 e. The van der Waals surface area contributed by atoms with Crippen LogP contribution < -0.4 is 10.6 Å². The molecule has 0 bridgehead atoms. The van der Waals surface area contributed by atoms with Gasteiger partial charge in [0.15, 0.2) is 0 Å². The van der Waals surface area contributed by atoms with Gasteiger partial charge in [-0.05, 0) is 57.6 Å². The van der Waals surface area contributed by atoms with Crippen molar-refractivity contribution in [1.82, 2.24) is 15.2 Å². The van der Waals surface area contributed by atoms with Crippen molar-refractivity contribution in [2.75, 3.05) is 45.6 Å². The molecule has 0 amide bonds. The maximum Gasteiger partial charge on any atom is 0.0737 e. The number of hydrogen-bond acceptors (Lipinski definition) is 4. The van der Waals surface area contributed by atoms with Crippen LogP contribution in [0.2, 0.25) is 5.02 Å².